The summed E-state index contributed by atoms with van der Waals surface area (Å²) in [5.74, 6) is -1.51. The summed E-state index contributed by atoms with van der Waals surface area (Å²) in [6, 6.07) is 0. The highest BCUT2D eigenvalue weighted by molar-refractivity contribution is 5.66. The van der Waals surface area contributed by atoms with E-state index >= 15 is 0 Å². The zero-order chi connectivity index (χ0) is 11.5. The van der Waals surface area contributed by atoms with E-state index in [0.717, 1.165) is 4.68 Å². The largest absolute Gasteiger partial charge is 0.481 e. The molecule has 1 N–H and O–H groups in total. The summed E-state index contributed by atoms with van der Waals surface area (Å²) in [4.78, 5) is 10.2. The van der Waals surface area contributed by atoms with Gasteiger partial charge in [-0.1, -0.05) is 0 Å². The van der Waals surface area contributed by atoms with E-state index in [2.05, 4.69) is 15.5 Å². The smallest absolute Gasteiger partial charge is 0.396 e. The Morgan fingerprint density at radius 3 is 2.67 bits per heavy atom. The molecule has 0 atom stereocenters. The fourth-order valence-electron chi connectivity index (χ4n) is 0.904. The summed E-state index contributed by atoms with van der Waals surface area (Å²) in [5, 5.41) is 17.8. The third kappa shape index (κ3) is 3.92. The van der Waals surface area contributed by atoms with Gasteiger partial charge in [-0.3, -0.25) is 4.79 Å². The molecule has 15 heavy (non-hydrogen) atoms. The lowest BCUT2D eigenvalue weighted by Crippen LogP contribution is -2.18. The lowest BCUT2D eigenvalue weighted by atomic mass is 10.4. The van der Waals surface area contributed by atoms with E-state index < -0.39 is 18.6 Å². The van der Waals surface area contributed by atoms with Crippen molar-refractivity contribution < 1.29 is 23.1 Å². The average Bonchev–Trinajstić information content (AvgIpc) is 2.45. The molecule has 0 fully saturated rings. The predicted octanol–water partition coefficient (Wildman–Crippen LogP) is 0.253. The van der Waals surface area contributed by atoms with E-state index in [1.54, 1.807) is 0 Å². The molecule has 1 aromatic rings. The van der Waals surface area contributed by atoms with Crippen LogP contribution in [-0.4, -0.2) is 37.5 Å². The summed E-state index contributed by atoms with van der Waals surface area (Å²) in [6.45, 7) is -0.173. The summed E-state index contributed by atoms with van der Waals surface area (Å²) in [7, 11) is 0. The zero-order valence-corrected chi connectivity index (χ0v) is 7.40. The van der Waals surface area contributed by atoms with Crippen LogP contribution in [0, 0.1) is 0 Å². The van der Waals surface area contributed by atoms with Crippen molar-refractivity contribution in [3.05, 3.63) is 5.82 Å². The van der Waals surface area contributed by atoms with Gasteiger partial charge in [0.05, 0.1) is 13.0 Å². The first kappa shape index (κ1) is 11.4. The SMILES string of the molecule is O=C(O)CCn1nnnc1CC(F)(F)F. The van der Waals surface area contributed by atoms with Crippen molar-refractivity contribution in [3.8, 4) is 0 Å². The molecule has 1 heterocycles. The Bertz CT molecular complexity index is 348. The molecule has 0 saturated carbocycles. The maximum absolute atomic E-state index is 12.0. The topological polar surface area (TPSA) is 80.9 Å². The molecule has 0 spiro atoms. The van der Waals surface area contributed by atoms with Crippen LogP contribution in [0.2, 0.25) is 0 Å². The first-order valence-corrected chi connectivity index (χ1v) is 3.92. The van der Waals surface area contributed by atoms with Gasteiger partial charge in [0.25, 0.3) is 0 Å². The second kappa shape index (κ2) is 4.24. The van der Waals surface area contributed by atoms with Crippen LogP contribution in [0.5, 0.6) is 0 Å². The highest BCUT2D eigenvalue weighted by Gasteiger charge is 2.30. The normalized spacial score (nSPS) is 11.7. The highest BCUT2D eigenvalue weighted by Crippen LogP contribution is 2.19. The van der Waals surface area contributed by atoms with Gasteiger partial charge in [0.15, 0.2) is 5.82 Å². The van der Waals surface area contributed by atoms with Crippen molar-refractivity contribution in [2.24, 2.45) is 0 Å². The number of rotatable bonds is 4. The molecular weight excluding hydrogens is 217 g/mol. The minimum Gasteiger partial charge on any atom is -0.481 e. The van der Waals surface area contributed by atoms with Gasteiger partial charge in [-0.2, -0.15) is 13.2 Å². The molecule has 1 aromatic heterocycles. The minimum absolute atomic E-state index is 0.173. The zero-order valence-electron chi connectivity index (χ0n) is 7.40. The molecular formula is C6H7F3N4O2. The van der Waals surface area contributed by atoms with Crippen LogP contribution in [0.25, 0.3) is 0 Å². The molecule has 0 saturated heterocycles. The monoisotopic (exact) mass is 224 g/mol. The molecule has 0 aliphatic carbocycles. The molecule has 0 aliphatic heterocycles. The third-order valence-corrected chi connectivity index (χ3v) is 1.50. The Balaban J connectivity index is 2.65. The van der Waals surface area contributed by atoms with Gasteiger partial charge in [0.1, 0.15) is 6.42 Å². The Hall–Kier alpha value is -1.67. The van der Waals surface area contributed by atoms with Crippen molar-refractivity contribution in [2.45, 2.75) is 25.6 Å². The van der Waals surface area contributed by atoms with Gasteiger partial charge in [0, 0.05) is 0 Å². The number of aliphatic carboxylic acids is 1. The number of carboxylic acid groups (broad SMARTS) is 1. The molecule has 1 rings (SSSR count). The third-order valence-electron chi connectivity index (χ3n) is 1.50. The fourth-order valence-corrected chi connectivity index (χ4v) is 0.904. The van der Waals surface area contributed by atoms with Crippen LogP contribution in [0.15, 0.2) is 0 Å². The number of alkyl halides is 3. The molecule has 6 nitrogen and oxygen atoms in total. The minimum atomic E-state index is -4.41. The second-order valence-electron chi connectivity index (χ2n) is 2.75. The molecule has 0 amide bonds. The summed E-state index contributed by atoms with van der Waals surface area (Å²) in [5.41, 5.74) is 0. The van der Waals surface area contributed by atoms with Crippen molar-refractivity contribution in [1.29, 1.82) is 0 Å². The molecule has 0 aliphatic rings. The number of aryl methyl sites for hydroxylation is 1. The standard InChI is InChI=1S/C6H7F3N4O2/c7-6(8,9)3-4-10-11-12-13(4)2-1-5(14)15/h1-3H2,(H,14,15). The van der Waals surface area contributed by atoms with Gasteiger partial charge < -0.3 is 5.11 Å². The van der Waals surface area contributed by atoms with E-state index in [1.165, 1.54) is 0 Å². The van der Waals surface area contributed by atoms with Crippen LogP contribution >= 0.6 is 0 Å². The van der Waals surface area contributed by atoms with Crippen molar-refractivity contribution in [1.82, 2.24) is 20.2 Å². The van der Waals surface area contributed by atoms with Gasteiger partial charge in [-0.05, 0) is 10.4 Å². The number of carbonyl (C=O) groups is 1. The number of carboxylic acids is 1. The van der Waals surface area contributed by atoms with Crippen LogP contribution < -0.4 is 0 Å². The molecule has 0 unspecified atom stereocenters. The van der Waals surface area contributed by atoms with Gasteiger partial charge in [0.2, 0.25) is 0 Å². The predicted molar refractivity (Wildman–Crippen MR) is 39.8 cm³/mol. The molecule has 0 radical (unpaired) electrons. The summed E-state index contributed by atoms with van der Waals surface area (Å²) >= 11 is 0. The summed E-state index contributed by atoms with van der Waals surface area (Å²) in [6.07, 6.45) is -5.99. The molecule has 9 heteroatoms. The van der Waals surface area contributed by atoms with Gasteiger partial charge >= 0.3 is 12.1 Å². The van der Waals surface area contributed by atoms with E-state index in [-0.39, 0.29) is 18.8 Å². The Morgan fingerprint density at radius 1 is 1.47 bits per heavy atom. The van der Waals surface area contributed by atoms with Crippen molar-refractivity contribution in [2.75, 3.05) is 0 Å². The highest BCUT2D eigenvalue weighted by atomic mass is 19.4. The van der Waals surface area contributed by atoms with E-state index in [1.807, 2.05) is 0 Å². The Morgan fingerprint density at radius 2 is 2.13 bits per heavy atom. The lowest BCUT2D eigenvalue weighted by molar-refractivity contribution is -0.137. The maximum atomic E-state index is 12.0. The number of tetrazole rings is 1. The number of nitrogens with zero attached hydrogens (tertiary/aromatic N) is 4. The van der Waals surface area contributed by atoms with Gasteiger partial charge in [-0.15, -0.1) is 5.10 Å². The maximum Gasteiger partial charge on any atom is 0.396 e. The average molecular weight is 224 g/mol. The molecule has 0 aromatic carbocycles. The van der Waals surface area contributed by atoms with Crippen LogP contribution in [-0.2, 0) is 17.8 Å². The van der Waals surface area contributed by atoms with E-state index in [9.17, 15) is 18.0 Å². The van der Waals surface area contributed by atoms with E-state index in [0.29, 0.717) is 0 Å². The van der Waals surface area contributed by atoms with Crippen LogP contribution in [0.1, 0.15) is 12.2 Å². The molecule has 0 bridgehead atoms. The second-order valence-corrected chi connectivity index (χ2v) is 2.75. The fraction of sp³-hybridized carbons (Fsp3) is 0.667. The van der Waals surface area contributed by atoms with E-state index in [4.69, 9.17) is 5.11 Å². The number of halogens is 3. The number of hydrogen-bond acceptors (Lipinski definition) is 4. The lowest BCUT2D eigenvalue weighted by Gasteiger charge is -2.05. The Kier molecular flexibility index (Phi) is 3.22. The molecule has 84 valence electrons. The first-order valence-electron chi connectivity index (χ1n) is 3.92. The quantitative estimate of drug-likeness (QED) is 0.792. The van der Waals surface area contributed by atoms with Crippen molar-refractivity contribution >= 4 is 5.97 Å². The number of aromatic nitrogens is 4. The number of hydrogen-bond donors (Lipinski definition) is 1. The first-order chi connectivity index (χ1) is 6.88. The summed E-state index contributed by atoms with van der Waals surface area (Å²) < 4.78 is 36.8. The van der Waals surface area contributed by atoms with Crippen LogP contribution in [0.4, 0.5) is 13.2 Å². The van der Waals surface area contributed by atoms with Crippen molar-refractivity contribution in [3.63, 3.8) is 0 Å². The van der Waals surface area contributed by atoms with Gasteiger partial charge in [-0.25, -0.2) is 4.68 Å². The van der Waals surface area contributed by atoms with Crippen LogP contribution in [0.3, 0.4) is 0 Å². The Labute approximate surface area is 81.7 Å².